The van der Waals surface area contributed by atoms with Crippen LogP contribution in [0.5, 0.6) is 5.75 Å². The van der Waals surface area contributed by atoms with Crippen LogP contribution in [-0.2, 0) is 6.54 Å². The quantitative estimate of drug-likeness (QED) is 0.874. The molecule has 1 aromatic carbocycles. The van der Waals surface area contributed by atoms with Crippen LogP contribution in [0.3, 0.4) is 0 Å². The minimum atomic E-state index is 0.648. The highest BCUT2D eigenvalue weighted by atomic mass is 35.5. The number of aromatic amines is 1. The van der Waals surface area contributed by atoms with E-state index in [1.807, 2.05) is 18.3 Å². The summed E-state index contributed by atoms with van der Waals surface area (Å²) in [5, 5.41) is 3.89. The lowest BCUT2D eigenvalue weighted by molar-refractivity contribution is 0.416. The Bertz CT molecular complexity index is 525. The molecule has 1 heterocycles. The van der Waals surface area contributed by atoms with Crippen molar-refractivity contribution in [3.8, 4) is 17.1 Å². The molecule has 0 saturated carbocycles. The molecule has 18 heavy (non-hydrogen) atoms. The van der Waals surface area contributed by atoms with Gasteiger partial charge in [0, 0.05) is 23.5 Å². The number of imidazole rings is 1. The second-order valence-corrected chi connectivity index (χ2v) is 4.32. The van der Waals surface area contributed by atoms with Gasteiger partial charge in [-0.05, 0) is 24.7 Å². The Morgan fingerprint density at radius 3 is 3.00 bits per heavy atom. The molecular formula is C13H16ClN3O. The van der Waals surface area contributed by atoms with Crippen LogP contribution in [0, 0.1) is 0 Å². The van der Waals surface area contributed by atoms with E-state index in [0.717, 1.165) is 30.2 Å². The molecule has 0 aliphatic rings. The third kappa shape index (κ3) is 2.83. The maximum Gasteiger partial charge on any atom is 0.141 e. The number of hydrogen-bond acceptors (Lipinski definition) is 3. The first-order chi connectivity index (χ1) is 8.74. The van der Waals surface area contributed by atoms with Gasteiger partial charge in [0.2, 0.25) is 0 Å². The van der Waals surface area contributed by atoms with Gasteiger partial charge in [0.1, 0.15) is 11.6 Å². The van der Waals surface area contributed by atoms with Gasteiger partial charge in [-0.2, -0.15) is 0 Å². The van der Waals surface area contributed by atoms with E-state index in [1.54, 1.807) is 13.2 Å². The number of H-pyrrole nitrogens is 1. The largest absolute Gasteiger partial charge is 0.496 e. The highest BCUT2D eigenvalue weighted by Gasteiger charge is 2.09. The molecule has 0 atom stereocenters. The number of aromatic nitrogens is 2. The minimum Gasteiger partial charge on any atom is -0.496 e. The van der Waals surface area contributed by atoms with Crippen LogP contribution in [0.25, 0.3) is 11.4 Å². The van der Waals surface area contributed by atoms with Crippen LogP contribution in [-0.4, -0.2) is 23.6 Å². The molecule has 2 aromatic rings. The van der Waals surface area contributed by atoms with Crippen LogP contribution in [0.2, 0.25) is 5.02 Å². The number of ether oxygens (including phenoxy) is 1. The lowest BCUT2D eigenvalue weighted by Crippen LogP contribution is -2.11. The molecule has 2 N–H and O–H groups in total. The number of nitrogens with zero attached hydrogens (tertiary/aromatic N) is 1. The zero-order chi connectivity index (χ0) is 13.0. The van der Waals surface area contributed by atoms with Crippen molar-refractivity contribution in [3.05, 3.63) is 35.1 Å². The van der Waals surface area contributed by atoms with E-state index in [4.69, 9.17) is 16.3 Å². The molecule has 0 saturated heterocycles. The van der Waals surface area contributed by atoms with Crippen LogP contribution < -0.4 is 10.1 Å². The molecule has 0 radical (unpaired) electrons. The number of nitrogens with one attached hydrogen (secondary N) is 2. The average Bonchev–Trinajstić information content (AvgIpc) is 2.84. The molecule has 0 aliphatic carbocycles. The van der Waals surface area contributed by atoms with Crippen molar-refractivity contribution >= 4 is 11.6 Å². The summed E-state index contributed by atoms with van der Waals surface area (Å²) in [7, 11) is 1.62. The fraction of sp³-hybridized carbons (Fsp3) is 0.308. The van der Waals surface area contributed by atoms with Crippen molar-refractivity contribution < 1.29 is 4.74 Å². The summed E-state index contributed by atoms with van der Waals surface area (Å²) in [5.74, 6) is 1.50. The van der Waals surface area contributed by atoms with Crippen molar-refractivity contribution in [2.24, 2.45) is 0 Å². The average molecular weight is 266 g/mol. The minimum absolute atomic E-state index is 0.648. The molecule has 1 aromatic heterocycles. The van der Waals surface area contributed by atoms with Crippen LogP contribution in [0.15, 0.2) is 24.4 Å². The molecule has 0 bridgehead atoms. The molecule has 0 unspecified atom stereocenters. The van der Waals surface area contributed by atoms with Gasteiger partial charge >= 0.3 is 0 Å². The molecule has 4 nitrogen and oxygen atoms in total. The first kappa shape index (κ1) is 12.9. The van der Waals surface area contributed by atoms with E-state index < -0.39 is 0 Å². The predicted octanol–water partition coefficient (Wildman–Crippen LogP) is 2.85. The van der Waals surface area contributed by atoms with E-state index >= 15 is 0 Å². The van der Waals surface area contributed by atoms with Crippen LogP contribution in [0.4, 0.5) is 0 Å². The predicted molar refractivity (Wildman–Crippen MR) is 73.0 cm³/mol. The van der Waals surface area contributed by atoms with Gasteiger partial charge in [0.25, 0.3) is 0 Å². The highest BCUT2D eigenvalue weighted by Crippen LogP contribution is 2.30. The fourth-order valence-corrected chi connectivity index (χ4v) is 1.87. The summed E-state index contributed by atoms with van der Waals surface area (Å²) >= 11 is 5.94. The van der Waals surface area contributed by atoms with Crippen LogP contribution in [0.1, 0.15) is 12.6 Å². The third-order valence-corrected chi connectivity index (χ3v) is 2.85. The van der Waals surface area contributed by atoms with Gasteiger partial charge in [0.15, 0.2) is 0 Å². The zero-order valence-corrected chi connectivity index (χ0v) is 11.2. The number of methoxy groups -OCH3 is 1. The van der Waals surface area contributed by atoms with E-state index in [-0.39, 0.29) is 0 Å². The second kappa shape index (κ2) is 5.89. The van der Waals surface area contributed by atoms with Crippen LogP contribution >= 0.6 is 11.6 Å². The van der Waals surface area contributed by atoms with Gasteiger partial charge < -0.3 is 15.0 Å². The Balaban J connectivity index is 2.28. The zero-order valence-electron chi connectivity index (χ0n) is 10.5. The lowest BCUT2D eigenvalue weighted by atomic mass is 10.2. The van der Waals surface area contributed by atoms with Gasteiger partial charge in [0.05, 0.1) is 12.7 Å². The summed E-state index contributed by atoms with van der Waals surface area (Å²) in [6.45, 7) is 3.78. The molecule has 0 spiro atoms. The Morgan fingerprint density at radius 2 is 2.28 bits per heavy atom. The Labute approximate surface area is 111 Å². The van der Waals surface area contributed by atoms with E-state index in [1.165, 1.54) is 0 Å². The van der Waals surface area contributed by atoms with Crippen molar-refractivity contribution in [2.45, 2.75) is 13.5 Å². The summed E-state index contributed by atoms with van der Waals surface area (Å²) in [4.78, 5) is 7.62. The van der Waals surface area contributed by atoms with Crippen molar-refractivity contribution in [2.75, 3.05) is 13.7 Å². The number of rotatable bonds is 5. The van der Waals surface area contributed by atoms with Crippen molar-refractivity contribution in [1.82, 2.24) is 15.3 Å². The molecule has 96 valence electrons. The van der Waals surface area contributed by atoms with Crippen molar-refractivity contribution in [1.29, 1.82) is 0 Å². The first-order valence-corrected chi connectivity index (χ1v) is 6.21. The standard InChI is InChI=1S/C13H16ClN3O/c1-3-15-7-10-8-16-13(17-10)11-5-4-9(14)6-12(11)18-2/h4-6,8,15H,3,7H2,1-2H3,(H,16,17). The van der Waals surface area contributed by atoms with E-state index in [0.29, 0.717) is 10.8 Å². The maximum absolute atomic E-state index is 5.94. The maximum atomic E-state index is 5.94. The fourth-order valence-electron chi connectivity index (χ4n) is 1.71. The summed E-state index contributed by atoms with van der Waals surface area (Å²) < 4.78 is 5.31. The van der Waals surface area contributed by atoms with Gasteiger partial charge in [-0.15, -0.1) is 0 Å². The first-order valence-electron chi connectivity index (χ1n) is 5.83. The summed E-state index contributed by atoms with van der Waals surface area (Å²) in [6.07, 6.45) is 1.83. The Morgan fingerprint density at radius 1 is 1.44 bits per heavy atom. The molecule has 5 heteroatoms. The van der Waals surface area contributed by atoms with Gasteiger partial charge in [-0.25, -0.2) is 4.98 Å². The Kier molecular flexibility index (Phi) is 4.23. The van der Waals surface area contributed by atoms with E-state index in [9.17, 15) is 0 Å². The van der Waals surface area contributed by atoms with Gasteiger partial charge in [-0.1, -0.05) is 18.5 Å². The normalized spacial score (nSPS) is 10.6. The second-order valence-electron chi connectivity index (χ2n) is 3.88. The molecular weight excluding hydrogens is 250 g/mol. The van der Waals surface area contributed by atoms with Crippen molar-refractivity contribution in [3.63, 3.8) is 0 Å². The number of halogens is 1. The smallest absolute Gasteiger partial charge is 0.141 e. The molecule has 0 aliphatic heterocycles. The number of benzene rings is 1. The molecule has 0 fully saturated rings. The van der Waals surface area contributed by atoms with E-state index in [2.05, 4.69) is 22.2 Å². The SMILES string of the molecule is CCNCc1cnc(-c2ccc(Cl)cc2OC)[nH]1. The summed E-state index contributed by atoms with van der Waals surface area (Å²) in [5.41, 5.74) is 1.95. The monoisotopic (exact) mass is 265 g/mol. The highest BCUT2D eigenvalue weighted by molar-refractivity contribution is 6.30. The third-order valence-electron chi connectivity index (χ3n) is 2.61. The topological polar surface area (TPSA) is 49.9 Å². The lowest BCUT2D eigenvalue weighted by Gasteiger charge is -2.06. The molecule has 0 amide bonds. The summed E-state index contributed by atoms with van der Waals surface area (Å²) in [6, 6.07) is 5.51. The number of hydrogen-bond donors (Lipinski definition) is 2. The Hall–Kier alpha value is -1.52. The molecule has 2 rings (SSSR count). The van der Waals surface area contributed by atoms with Gasteiger partial charge in [-0.3, -0.25) is 0 Å².